The summed E-state index contributed by atoms with van der Waals surface area (Å²) < 4.78 is 24.6. The first-order valence-corrected chi connectivity index (χ1v) is 30.3. The summed E-state index contributed by atoms with van der Waals surface area (Å²) in [4.78, 5) is 72.7. The van der Waals surface area contributed by atoms with Gasteiger partial charge in [0.15, 0.2) is 34.7 Å². The third kappa shape index (κ3) is 20.8. The zero-order valence-electron chi connectivity index (χ0n) is 52.1. The van der Waals surface area contributed by atoms with E-state index in [9.17, 15) is 9.59 Å². The number of hydrogen-bond acceptors (Lipinski definition) is 23. The van der Waals surface area contributed by atoms with E-state index in [-0.39, 0.29) is 47.2 Å². The molecule has 0 radical (unpaired) electrons. The van der Waals surface area contributed by atoms with Gasteiger partial charge in [0.2, 0.25) is 11.8 Å². The van der Waals surface area contributed by atoms with Crippen LogP contribution < -0.4 is 62.4 Å². The van der Waals surface area contributed by atoms with E-state index >= 15 is 0 Å². The van der Waals surface area contributed by atoms with E-state index < -0.39 is 0 Å². The van der Waals surface area contributed by atoms with Gasteiger partial charge in [0.1, 0.15) is 52.2 Å². The van der Waals surface area contributed by atoms with E-state index in [0.717, 1.165) is 38.4 Å². The molecule has 25 nitrogen and oxygen atoms in total. The number of aryl methyl sites for hydroxylation is 4. The van der Waals surface area contributed by atoms with Crippen LogP contribution in [0, 0.1) is 27.7 Å². The number of anilines is 7. The first kappa shape index (κ1) is 68.1. The molecule has 8 aromatic heterocycles. The maximum absolute atomic E-state index is 11.4. The van der Waals surface area contributed by atoms with Crippen molar-refractivity contribution in [3.63, 3.8) is 0 Å². The van der Waals surface area contributed by atoms with Crippen molar-refractivity contribution >= 4 is 72.1 Å². The van der Waals surface area contributed by atoms with Gasteiger partial charge in [0.25, 0.3) is 0 Å². The van der Waals surface area contributed by atoms with Crippen LogP contribution in [0.5, 0.6) is 46.0 Å². The van der Waals surface area contributed by atoms with Gasteiger partial charge in [0.05, 0.1) is 18.6 Å². The van der Waals surface area contributed by atoms with Gasteiger partial charge in [-0.25, -0.2) is 44.9 Å². The Bertz CT molecular complexity index is 3660. The molecule has 0 unspecified atom stereocenters. The molecule has 0 aromatic carbocycles. The number of carbonyl (C=O) groups is 2. The number of nitrogens with one attached hydrogen (secondary N) is 3. The van der Waals surface area contributed by atoms with Crippen molar-refractivity contribution in [2.24, 2.45) is 0 Å². The smallest absolute Gasteiger partial charge is 0.187 e. The summed E-state index contributed by atoms with van der Waals surface area (Å²) in [5.74, 6) is 11.9. The number of pyridine rings is 4. The van der Waals surface area contributed by atoms with Gasteiger partial charge in [-0.2, -0.15) is 0 Å². The molecule has 11 N–H and O–H groups in total. The SMILES string of the molecule is C=CC(=O)Nc1cc(Oc2cnc(C)nc2N)c(C(C)C)cn1.CC(=O)Nc1cc(Oc2cnc(C)nc2N)c(C(C)C)cn1.C[Se]c1cc(Oc2cnc(C)nc2N)c(C(C)C)cn1.Cc1ncc(Oc2cc(NC(C)C)ncc2C(C)C)c(N)n1. The molecule has 0 spiro atoms. The molecule has 8 aromatic rings. The van der Waals surface area contributed by atoms with Crippen molar-refractivity contribution in [3.05, 3.63) is 132 Å². The Morgan fingerprint density at radius 3 is 1.03 bits per heavy atom. The van der Waals surface area contributed by atoms with Crippen LogP contribution in [0.2, 0.25) is 5.82 Å². The molecule has 8 rings (SSSR count). The van der Waals surface area contributed by atoms with E-state index in [0.29, 0.717) is 108 Å². The molecule has 0 saturated heterocycles. The van der Waals surface area contributed by atoms with Crippen LogP contribution in [0.15, 0.2) is 86.5 Å². The van der Waals surface area contributed by atoms with Crippen molar-refractivity contribution in [3.8, 4) is 46.0 Å². The van der Waals surface area contributed by atoms with Crippen LogP contribution in [0.3, 0.4) is 0 Å². The van der Waals surface area contributed by atoms with E-state index in [1.165, 1.54) is 25.4 Å². The first-order valence-electron chi connectivity index (χ1n) is 27.7. The third-order valence-corrected chi connectivity index (χ3v) is 13.3. The fourth-order valence-corrected chi connectivity index (χ4v) is 8.34. The average molecular weight is 1250 g/mol. The molecule has 0 aliphatic carbocycles. The Kier molecular flexibility index (Phi) is 25.0. The Morgan fingerprint density at radius 1 is 0.448 bits per heavy atom. The minimum Gasteiger partial charge on any atom is -0.451 e. The second kappa shape index (κ2) is 32.0. The predicted molar refractivity (Wildman–Crippen MR) is 341 cm³/mol. The molecule has 0 saturated carbocycles. The van der Waals surface area contributed by atoms with Crippen molar-refractivity contribution < 1.29 is 28.5 Å². The van der Waals surface area contributed by atoms with Crippen LogP contribution in [-0.4, -0.2) is 92.6 Å². The molecule has 0 atom stereocenters. The molecule has 87 heavy (non-hydrogen) atoms. The number of ether oxygens (including phenoxy) is 4. The molecule has 2 amide bonds. The minimum atomic E-state index is -0.348. The van der Waals surface area contributed by atoms with Crippen molar-refractivity contribution in [2.45, 2.75) is 139 Å². The summed E-state index contributed by atoms with van der Waals surface area (Å²) >= 11 is 0.322. The molecular weight excluding hydrogens is 1170 g/mol. The molecule has 8 heterocycles. The Balaban J connectivity index is 0.000000212. The summed E-state index contributed by atoms with van der Waals surface area (Å²) in [6.07, 6.45) is 14.5. The van der Waals surface area contributed by atoms with Crippen molar-refractivity contribution in [1.82, 2.24) is 59.8 Å². The van der Waals surface area contributed by atoms with E-state index in [1.807, 2.05) is 52.2 Å². The van der Waals surface area contributed by atoms with Crippen molar-refractivity contribution in [2.75, 3.05) is 38.9 Å². The Hall–Kier alpha value is -9.68. The number of carbonyl (C=O) groups excluding carboxylic acids is 2. The average Bonchev–Trinajstić information content (AvgIpc) is 3.54. The van der Waals surface area contributed by atoms with Crippen LogP contribution in [0.25, 0.3) is 0 Å². The molecule has 26 heteroatoms. The zero-order chi connectivity index (χ0) is 64.2. The second-order valence-corrected chi connectivity index (χ2v) is 22.7. The third-order valence-electron chi connectivity index (χ3n) is 11.9. The summed E-state index contributed by atoms with van der Waals surface area (Å²) in [6, 6.07) is 7.45. The zero-order valence-corrected chi connectivity index (χ0v) is 53.8. The maximum atomic E-state index is 11.4. The monoisotopic (exact) mass is 1250 g/mol. The predicted octanol–water partition coefficient (Wildman–Crippen LogP) is 11.0. The summed E-state index contributed by atoms with van der Waals surface area (Å²) in [5, 5.41) is 8.49. The normalized spacial score (nSPS) is 10.7. The van der Waals surface area contributed by atoms with Gasteiger partial charge in [-0.15, -0.1) is 0 Å². The summed E-state index contributed by atoms with van der Waals surface area (Å²) in [5.41, 5.74) is 27.3. The van der Waals surface area contributed by atoms with E-state index in [1.54, 1.807) is 64.6 Å². The fourth-order valence-electron chi connectivity index (χ4n) is 7.53. The Morgan fingerprint density at radius 2 is 0.747 bits per heavy atom. The molecule has 0 bridgehead atoms. The molecule has 460 valence electrons. The quantitative estimate of drug-likeness (QED) is 0.0310. The van der Waals surface area contributed by atoms with Crippen LogP contribution in [0.1, 0.15) is 145 Å². The first-order chi connectivity index (χ1) is 41.1. The molecule has 0 aliphatic heterocycles. The van der Waals surface area contributed by atoms with Gasteiger partial charge in [-0.1, -0.05) is 48.1 Å². The largest absolute Gasteiger partial charge is 0.451 e. The minimum absolute atomic E-state index is 0.175. The molecule has 0 aliphatic rings. The number of rotatable bonds is 18. The standard InChI is InChI=1S/C16H19N5O2.C16H23N5O.C15H19N5O2.C14H18N4OSe/c1-5-15(22)21-14-6-12(11(7-19-14)9(2)3)23-13-8-18-10(4)20-16(13)17;1-9(2)12-7-19-15(20-10(3)4)6-13(12)22-14-8-18-11(5)21-16(14)17;1-8(2)11-6-18-14(20-10(4)21)5-12(11)22-13-7-17-9(3)19-15(13)16;1-8(2)10-6-17-13(20-4)5-11(10)19-12-7-16-9(3)18-14(12)15/h5-9H,1H2,2-4H3,(H2,17,18,20)(H,19,21,22);6-10H,1-5H3,(H,19,20)(H2,17,18,21);5-8H,1-4H3,(H2,16,17,19)(H,18,20,21);5-8H,1-4H3,(H2,15,16,18). The van der Waals surface area contributed by atoms with Crippen LogP contribution >= 0.6 is 0 Å². The van der Waals surface area contributed by atoms with Gasteiger partial charge >= 0.3 is 125 Å². The number of amides is 2. The van der Waals surface area contributed by atoms with Crippen LogP contribution in [0.4, 0.5) is 40.7 Å². The number of hydrogen-bond donors (Lipinski definition) is 7. The van der Waals surface area contributed by atoms with Gasteiger partial charge in [0, 0.05) is 66.4 Å². The Labute approximate surface area is 514 Å². The van der Waals surface area contributed by atoms with Crippen molar-refractivity contribution in [1.29, 1.82) is 0 Å². The molecular formula is C61H79N19O6Se. The number of aromatic nitrogens is 12. The maximum Gasteiger partial charge on any atom is 0.187 e. The van der Waals surface area contributed by atoms with Gasteiger partial charge < -0.3 is 47.4 Å². The number of nitrogens with two attached hydrogens (primary N) is 4. The van der Waals surface area contributed by atoms with Gasteiger partial charge in [-0.3, -0.25) is 9.59 Å². The van der Waals surface area contributed by atoms with Gasteiger partial charge in [-0.05, 0) is 58.4 Å². The fraction of sp³-hybridized carbons (Fsp3) is 0.344. The topological polar surface area (TPSA) is 366 Å². The summed E-state index contributed by atoms with van der Waals surface area (Å²) in [7, 11) is 0. The second-order valence-electron chi connectivity index (χ2n) is 21.0. The number of nitrogens with zero attached hydrogens (tertiary/aromatic N) is 12. The summed E-state index contributed by atoms with van der Waals surface area (Å²) in [6.45, 7) is 32.5. The van der Waals surface area contributed by atoms with Crippen LogP contribution in [-0.2, 0) is 9.59 Å². The molecule has 0 fully saturated rings. The van der Waals surface area contributed by atoms with E-state index in [4.69, 9.17) is 41.9 Å². The number of nitrogen functional groups attached to an aromatic ring is 4. The van der Waals surface area contributed by atoms with E-state index in [2.05, 4.69) is 130 Å².